The average molecular weight is 199 g/mol. The standard InChI is InChI=1S/C10H17NO3/c1-11-6-3-4-7(11)9(8(12)5-6)10(13)14-2/h6-9,12H,3-5H2,1-2H3/t6-,7+,8+,9?/m1/s1. The molecule has 80 valence electrons. The summed E-state index contributed by atoms with van der Waals surface area (Å²) >= 11 is 0. The maximum Gasteiger partial charge on any atom is 0.312 e. The molecule has 0 amide bonds. The second-order valence-electron chi connectivity index (χ2n) is 4.32. The molecule has 2 aliphatic rings. The van der Waals surface area contributed by atoms with Gasteiger partial charge in [0.15, 0.2) is 0 Å². The summed E-state index contributed by atoms with van der Waals surface area (Å²) in [6, 6.07) is 0.632. The molecule has 14 heavy (non-hydrogen) atoms. The number of carbonyl (C=O) groups is 1. The van der Waals surface area contributed by atoms with Gasteiger partial charge in [-0.25, -0.2) is 0 Å². The lowest BCUT2D eigenvalue weighted by Gasteiger charge is -2.39. The molecule has 4 nitrogen and oxygen atoms in total. The molecule has 2 rings (SSSR count). The third-order valence-electron chi connectivity index (χ3n) is 3.71. The number of rotatable bonds is 1. The molecule has 1 N–H and O–H groups in total. The molecule has 2 fully saturated rings. The predicted molar refractivity (Wildman–Crippen MR) is 50.7 cm³/mol. The number of nitrogens with zero attached hydrogens (tertiary/aromatic N) is 1. The van der Waals surface area contributed by atoms with Gasteiger partial charge in [-0.05, 0) is 26.3 Å². The van der Waals surface area contributed by atoms with Crippen molar-refractivity contribution in [3.8, 4) is 0 Å². The fraction of sp³-hybridized carbons (Fsp3) is 0.900. The Hall–Kier alpha value is -0.610. The number of methoxy groups -OCH3 is 1. The molecule has 2 bridgehead atoms. The maximum absolute atomic E-state index is 11.5. The molecule has 0 saturated carbocycles. The molecular weight excluding hydrogens is 182 g/mol. The lowest BCUT2D eigenvalue weighted by molar-refractivity contribution is -0.155. The third kappa shape index (κ3) is 1.33. The second kappa shape index (κ2) is 3.51. The van der Waals surface area contributed by atoms with Crippen LogP contribution in [0.1, 0.15) is 19.3 Å². The van der Waals surface area contributed by atoms with Crippen LogP contribution in [0.2, 0.25) is 0 Å². The molecular formula is C10H17NO3. The molecule has 0 radical (unpaired) electrons. The van der Waals surface area contributed by atoms with E-state index in [1.807, 2.05) is 7.05 Å². The highest BCUT2D eigenvalue weighted by Gasteiger charge is 2.48. The number of carbonyl (C=O) groups excluding carboxylic acids is 1. The Morgan fingerprint density at radius 2 is 2.21 bits per heavy atom. The molecule has 0 aromatic rings. The number of esters is 1. The van der Waals surface area contributed by atoms with Crippen LogP contribution in [0.4, 0.5) is 0 Å². The first-order chi connectivity index (χ1) is 6.65. The molecule has 1 unspecified atom stereocenters. The highest BCUT2D eigenvalue weighted by atomic mass is 16.5. The van der Waals surface area contributed by atoms with Gasteiger partial charge in [-0.3, -0.25) is 9.69 Å². The number of aliphatic hydroxyl groups is 1. The lowest BCUT2D eigenvalue weighted by atomic mass is 9.88. The first kappa shape index (κ1) is 9.93. The number of hydrogen-bond donors (Lipinski definition) is 1. The Morgan fingerprint density at radius 1 is 1.50 bits per heavy atom. The van der Waals surface area contributed by atoms with Gasteiger partial charge in [0.25, 0.3) is 0 Å². The van der Waals surface area contributed by atoms with Crippen LogP contribution in [0.25, 0.3) is 0 Å². The van der Waals surface area contributed by atoms with Crippen LogP contribution in [0, 0.1) is 5.92 Å². The smallest absolute Gasteiger partial charge is 0.312 e. The van der Waals surface area contributed by atoms with Crippen LogP contribution in [-0.4, -0.2) is 48.3 Å². The fourth-order valence-electron chi connectivity index (χ4n) is 2.89. The number of ether oxygens (including phenoxy) is 1. The summed E-state index contributed by atoms with van der Waals surface area (Å²) in [5.41, 5.74) is 0. The van der Waals surface area contributed by atoms with Gasteiger partial charge < -0.3 is 9.84 Å². The predicted octanol–water partition coefficient (Wildman–Crippen LogP) is 0.00300. The Balaban J connectivity index is 2.18. The zero-order valence-corrected chi connectivity index (χ0v) is 8.64. The van der Waals surface area contributed by atoms with E-state index in [1.54, 1.807) is 0 Å². The van der Waals surface area contributed by atoms with E-state index in [-0.39, 0.29) is 17.9 Å². The van der Waals surface area contributed by atoms with Crippen LogP contribution in [-0.2, 0) is 9.53 Å². The lowest BCUT2D eigenvalue weighted by Crippen LogP contribution is -2.52. The Morgan fingerprint density at radius 3 is 2.86 bits per heavy atom. The summed E-state index contributed by atoms with van der Waals surface area (Å²) in [6.07, 6.45) is 2.27. The van der Waals surface area contributed by atoms with E-state index in [0.29, 0.717) is 12.5 Å². The number of aliphatic hydroxyl groups excluding tert-OH is 1. The van der Waals surface area contributed by atoms with E-state index in [2.05, 4.69) is 4.90 Å². The highest BCUT2D eigenvalue weighted by Crippen LogP contribution is 2.38. The van der Waals surface area contributed by atoms with Gasteiger partial charge in [0.2, 0.25) is 0 Å². The monoisotopic (exact) mass is 199 g/mol. The van der Waals surface area contributed by atoms with Crippen molar-refractivity contribution in [2.45, 2.75) is 37.5 Å². The van der Waals surface area contributed by atoms with Crippen molar-refractivity contribution < 1.29 is 14.6 Å². The summed E-state index contributed by atoms with van der Waals surface area (Å²) in [4.78, 5) is 13.7. The Bertz CT molecular complexity index is 244. The summed E-state index contributed by atoms with van der Waals surface area (Å²) < 4.78 is 4.73. The van der Waals surface area contributed by atoms with Gasteiger partial charge >= 0.3 is 5.97 Å². The van der Waals surface area contributed by atoms with Crippen molar-refractivity contribution in [3.05, 3.63) is 0 Å². The second-order valence-corrected chi connectivity index (χ2v) is 4.32. The highest BCUT2D eigenvalue weighted by molar-refractivity contribution is 5.74. The molecule has 0 spiro atoms. The number of fused-ring (bicyclic) bond motifs is 2. The molecule has 2 heterocycles. The van der Waals surface area contributed by atoms with Gasteiger partial charge in [-0.1, -0.05) is 0 Å². The van der Waals surface area contributed by atoms with E-state index >= 15 is 0 Å². The van der Waals surface area contributed by atoms with Gasteiger partial charge in [0, 0.05) is 12.1 Å². The first-order valence-corrected chi connectivity index (χ1v) is 5.13. The van der Waals surface area contributed by atoms with Crippen molar-refractivity contribution in [1.82, 2.24) is 4.90 Å². The van der Waals surface area contributed by atoms with Crippen LogP contribution in [0.3, 0.4) is 0 Å². The van der Waals surface area contributed by atoms with Crippen LogP contribution < -0.4 is 0 Å². The summed E-state index contributed by atoms with van der Waals surface area (Å²) in [7, 11) is 3.42. The maximum atomic E-state index is 11.5. The molecule has 2 saturated heterocycles. The van der Waals surface area contributed by atoms with E-state index in [4.69, 9.17) is 4.74 Å². The van der Waals surface area contributed by atoms with Crippen LogP contribution >= 0.6 is 0 Å². The summed E-state index contributed by atoms with van der Waals surface area (Å²) in [6.45, 7) is 0. The molecule has 0 aromatic heterocycles. The van der Waals surface area contributed by atoms with Gasteiger partial charge in [0.05, 0.1) is 19.1 Å². The number of hydrogen-bond acceptors (Lipinski definition) is 4. The zero-order valence-electron chi connectivity index (χ0n) is 8.64. The fourth-order valence-corrected chi connectivity index (χ4v) is 2.89. The molecule has 0 aliphatic carbocycles. The normalized spacial score (nSPS) is 42.5. The van der Waals surface area contributed by atoms with Crippen molar-refractivity contribution in [2.24, 2.45) is 5.92 Å². The first-order valence-electron chi connectivity index (χ1n) is 5.13. The Kier molecular flexibility index (Phi) is 2.49. The quantitative estimate of drug-likeness (QED) is 0.604. The van der Waals surface area contributed by atoms with Crippen molar-refractivity contribution >= 4 is 5.97 Å². The summed E-state index contributed by atoms with van der Waals surface area (Å²) in [5.74, 6) is -0.613. The molecule has 0 aromatic carbocycles. The van der Waals surface area contributed by atoms with Crippen LogP contribution in [0.15, 0.2) is 0 Å². The van der Waals surface area contributed by atoms with E-state index < -0.39 is 6.10 Å². The SMILES string of the molecule is COC(=O)C1[C@@H](O)C[C@H]2CC[C@@H]1N2C. The minimum Gasteiger partial charge on any atom is -0.469 e. The van der Waals surface area contributed by atoms with Crippen molar-refractivity contribution in [1.29, 1.82) is 0 Å². The topological polar surface area (TPSA) is 49.8 Å². The van der Waals surface area contributed by atoms with E-state index in [1.165, 1.54) is 7.11 Å². The van der Waals surface area contributed by atoms with Gasteiger partial charge in [-0.2, -0.15) is 0 Å². The minimum atomic E-state index is -0.517. The van der Waals surface area contributed by atoms with Crippen molar-refractivity contribution in [2.75, 3.05) is 14.2 Å². The van der Waals surface area contributed by atoms with E-state index in [0.717, 1.165) is 12.8 Å². The molecule has 4 atom stereocenters. The average Bonchev–Trinajstić information content (AvgIpc) is 2.42. The minimum absolute atomic E-state index is 0.177. The molecule has 2 aliphatic heterocycles. The summed E-state index contributed by atoms with van der Waals surface area (Å²) in [5, 5.41) is 9.84. The van der Waals surface area contributed by atoms with E-state index in [9.17, 15) is 9.90 Å². The largest absolute Gasteiger partial charge is 0.469 e. The zero-order chi connectivity index (χ0) is 10.3. The number of piperidine rings is 1. The van der Waals surface area contributed by atoms with Gasteiger partial charge in [0.1, 0.15) is 0 Å². The van der Waals surface area contributed by atoms with Crippen LogP contribution in [0.5, 0.6) is 0 Å². The van der Waals surface area contributed by atoms with Gasteiger partial charge in [-0.15, -0.1) is 0 Å². The third-order valence-corrected chi connectivity index (χ3v) is 3.71. The Labute approximate surface area is 83.8 Å². The van der Waals surface area contributed by atoms with Crippen molar-refractivity contribution in [3.63, 3.8) is 0 Å². The molecule has 4 heteroatoms.